The van der Waals surface area contributed by atoms with E-state index in [1.807, 2.05) is 30.3 Å². The fourth-order valence-corrected chi connectivity index (χ4v) is 2.39. The third-order valence-electron chi connectivity index (χ3n) is 2.84. The smallest absolute Gasteiger partial charge is 0.240 e. The van der Waals surface area contributed by atoms with Crippen LogP contribution in [-0.4, -0.2) is 35.2 Å². The summed E-state index contributed by atoms with van der Waals surface area (Å²) in [5.74, 6) is 0.746. The zero-order valence-corrected chi connectivity index (χ0v) is 12.6. The summed E-state index contributed by atoms with van der Waals surface area (Å²) in [7, 11) is -1.28. The van der Waals surface area contributed by atoms with E-state index in [4.69, 9.17) is 4.74 Å². The normalized spacial score (nSPS) is 12.0. The van der Waals surface area contributed by atoms with Gasteiger partial charge in [0.15, 0.2) is 0 Å². The van der Waals surface area contributed by atoms with Crippen molar-refractivity contribution in [3.63, 3.8) is 0 Å². The lowest BCUT2D eigenvalue weighted by molar-refractivity contribution is 0.293. The Hall–Kier alpha value is -2.61. The molecular weight excluding hydrogens is 302 g/mol. The van der Waals surface area contributed by atoms with Gasteiger partial charge in [0, 0.05) is 18.5 Å². The Bertz CT molecular complexity index is 791. The van der Waals surface area contributed by atoms with Crippen LogP contribution in [-0.2, 0) is 17.4 Å². The lowest BCUT2D eigenvalue weighted by atomic mass is 10.2. The molecule has 3 rings (SSSR count). The Morgan fingerprint density at radius 3 is 2.82 bits per heavy atom. The van der Waals surface area contributed by atoms with E-state index in [1.54, 1.807) is 12.3 Å². The number of nitrogens with zero attached hydrogens (tertiary/aromatic N) is 5. The van der Waals surface area contributed by atoms with Crippen molar-refractivity contribution in [3.8, 4) is 11.8 Å². The van der Waals surface area contributed by atoms with Crippen molar-refractivity contribution in [1.29, 1.82) is 0 Å². The maximum Gasteiger partial charge on any atom is 0.240 e. The van der Waals surface area contributed by atoms with E-state index < -0.39 is 10.8 Å². The SMILES string of the molecule is C[S@](=O)c1nncn1-c1nccc(OCc2ccccc2)n1. The van der Waals surface area contributed by atoms with Crippen molar-refractivity contribution in [2.45, 2.75) is 11.8 Å². The van der Waals surface area contributed by atoms with E-state index in [-0.39, 0.29) is 0 Å². The average molecular weight is 315 g/mol. The lowest BCUT2D eigenvalue weighted by Gasteiger charge is -2.07. The molecule has 3 aromatic rings. The Kier molecular flexibility index (Phi) is 4.19. The van der Waals surface area contributed by atoms with E-state index in [1.165, 1.54) is 17.2 Å². The topological polar surface area (TPSA) is 82.8 Å². The van der Waals surface area contributed by atoms with Crippen molar-refractivity contribution in [2.75, 3.05) is 6.26 Å². The third-order valence-corrected chi connectivity index (χ3v) is 3.63. The molecule has 2 heterocycles. The molecule has 0 fully saturated rings. The molecule has 8 heteroatoms. The first-order valence-electron chi connectivity index (χ1n) is 6.47. The highest BCUT2D eigenvalue weighted by atomic mass is 32.2. The fraction of sp³-hybridized carbons (Fsp3) is 0.143. The van der Waals surface area contributed by atoms with Crippen molar-refractivity contribution < 1.29 is 8.95 Å². The summed E-state index contributed by atoms with van der Waals surface area (Å²) in [6, 6.07) is 11.5. The molecule has 0 N–H and O–H groups in total. The maximum absolute atomic E-state index is 11.6. The first kappa shape index (κ1) is 14.3. The molecule has 112 valence electrons. The molecule has 0 saturated carbocycles. The third kappa shape index (κ3) is 3.17. The molecule has 0 radical (unpaired) electrons. The van der Waals surface area contributed by atoms with E-state index in [0.29, 0.717) is 23.6 Å². The number of hydrogen-bond donors (Lipinski definition) is 0. The number of aromatic nitrogens is 5. The van der Waals surface area contributed by atoms with E-state index in [2.05, 4.69) is 20.2 Å². The van der Waals surface area contributed by atoms with Crippen LogP contribution in [0.5, 0.6) is 5.88 Å². The summed E-state index contributed by atoms with van der Waals surface area (Å²) in [6.45, 7) is 0.409. The molecule has 0 bridgehead atoms. The second kappa shape index (κ2) is 6.44. The van der Waals surface area contributed by atoms with Crippen molar-refractivity contribution in [3.05, 3.63) is 54.5 Å². The van der Waals surface area contributed by atoms with Gasteiger partial charge in [0.05, 0.1) is 10.8 Å². The molecule has 1 atom stereocenters. The summed E-state index contributed by atoms with van der Waals surface area (Å²) in [4.78, 5) is 8.43. The second-order valence-electron chi connectivity index (χ2n) is 4.41. The molecule has 0 amide bonds. The van der Waals surface area contributed by atoms with E-state index >= 15 is 0 Å². The Morgan fingerprint density at radius 1 is 1.23 bits per heavy atom. The van der Waals surface area contributed by atoms with Gasteiger partial charge in [0.25, 0.3) is 0 Å². The van der Waals surface area contributed by atoms with Gasteiger partial charge in [0.1, 0.15) is 12.9 Å². The van der Waals surface area contributed by atoms with Crippen molar-refractivity contribution in [2.24, 2.45) is 0 Å². The van der Waals surface area contributed by atoms with Gasteiger partial charge in [-0.2, -0.15) is 4.98 Å². The summed E-state index contributed by atoms with van der Waals surface area (Å²) in [5.41, 5.74) is 1.04. The predicted molar refractivity (Wildman–Crippen MR) is 80.1 cm³/mol. The minimum Gasteiger partial charge on any atom is -0.473 e. The van der Waals surface area contributed by atoms with Crippen LogP contribution in [0.1, 0.15) is 5.56 Å². The molecule has 2 aromatic heterocycles. The number of hydrogen-bond acceptors (Lipinski definition) is 6. The van der Waals surface area contributed by atoms with Gasteiger partial charge in [-0.05, 0) is 5.56 Å². The van der Waals surface area contributed by atoms with Crippen LogP contribution in [0.4, 0.5) is 0 Å². The molecular formula is C14H13N5O2S. The minimum atomic E-state index is -1.28. The number of benzene rings is 1. The Morgan fingerprint density at radius 2 is 2.05 bits per heavy atom. The zero-order valence-electron chi connectivity index (χ0n) is 11.8. The van der Waals surface area contributed by atoms with Crippen molar-refractivity contribution in [1.82, 2.24) is 24.7 Å². The predicted octanol–water partition coefficient (Wildman–Crippen LogP) is 1.37. The minimum absolute atomic E-state index is 0.292. The summed E-state index contributed by atoms with van der Waals surface area (Å²) < 4.78 is 18.7. The molecule has 7 nitrogen and oxygen atoms in total. The summed E-state index contributed by atoms with van der Waals surface area (Å²) in [5, 5.41) is 7.84. The second-order valence-corrected chi connectivity index (χ2v) is 5.68. The molecule has 0 aliphatic rings. The highest BCUT2D eigenvalue weighted by Gasteiger charge is 2.12. The van der Waals surface area contributed by atoms with Gasteiger partial charge in [-0.3, -0.25) is 4.21 Å². The average Bonchev–Trinajstić information content (AvgIpc) is 3.04. The van der Waals surface area contributed by atoms with Crippen LogP contribution in [0, 0.1) is 0 Å². The van der Waals surface area contributed by atoms with Gasteiger partial charge in [0.2, 0.25) is 17.0 Å². The van der Waals surface area contributed by atoms with Gasteiger partial charge in [-0.1, -0.05) is 30.3 Å². The highest BCUT2D eigenvalue weighted by Crippen LogP contribution is 2.13. The molecule has 1 aromatic carbocycles. The van der Waals surface area contributed by atoms with Crippen LogP contribution < -0.4 is 4.74 Å². The van der Waals surface area contributed by atoms with Gasteiger partial charge < -0.3 is 4.74 Å². The zero-order chi connectivity index (χ0) is 15.4. The molecule has 0 saturated heterocycles. The van der Waals surface area contributed by atoms with Crippen LogP contribution in [0.2, 0.25) is 0 Å². The van der Waals surface area contributed by atoms with Crippen molar-refractivity contribution >= 4 is 10.8 Å². The first-order chi connectivity index (χ1) is 10.7. The molecule has 0 aliphatic heterocycles. The van der Waals surface area contributed by atoms with Gasteiger partial charge in [-0.15, -0.1) is 10.2 Å². The lowest BCUT2D eigenvalue weighted by Crippen LogP contribution is -2.07. The summed E-state index contributed by atoms with van der Waals surface area (Å²) in [6.07, 6.45) is 4.52. The first-order valence-corrected chi connectivity index (χ1v) is 8.03. The Labute approximate surface area is 129 Å². The quantitative estimate of drug-likeness (QED) is 0.707. The fourth-order valence-electron chi connectivity index (χ4n) is 1.82. The molecule has 22 heavy (non-hydrogen) atoms. The van der Waals surface area contributed by atoms with Gasteiger partial charge in [-0.25, -0.2) is 9.55 Å². The van der Waals surface area contributed by atoms with E-state index in [0.717, 1.165) is 5.56 Å². The molecule has 0 aliphatic carbocycles. The van der Waals surface area contributed by atoms with Crippen LogP contribution >= 0.6 is 0 Å². The van der Waals surface area contributed by atoms with Crippen LogP contribution in [0.3, 0.4) is 0 Å². The Balaban J connectivity index is 1.81. The monoisotopic (exact) mass is 315 g/mol. The van der Waals surface area contributed by atoms with Crippen LogP contribution in [0.15, 0.2) is 54.1 Å². The largest absolute Gasteiger partial charge is 0.473 e. The number of rotatable bonds is 5. The standard InChI is InChI=1S/C14H13N5O2S/c1-22(20)14-18-16-10-19(14)13-15-8-7-12(17-13)21-9-11-5-3-2-4-6-11/h2-8,10H,9H2,1H3/t22-/m0/s1. The number of ether oxygens (including phenoxy) is 1. The summed E-state index contributed by atoms with van der Waals surface area (Å²) >= 11 is 0. The maximum atomic E-state index is 11.6. The highest BCUT2D eigenvalue weighted by molar-refractivity contribution is 7.84. The van der Waals surface area contributed by atoms with Crippen LogP contribution in [0.25, 0.3) is 5.95 Å². The molecule has 0 spiro atoms. The van der Waals surface area contributed by atoms with Gasteiger partial charge >= 0.3 is 0 Å². The molecule has 0 unspecified atom stereocenters. The van der Waals surface area contributed by atoms with E-state index in [9.17, 15) is 4.21 Å².